The predicted molar refractivity (Wildman–Crippen MR) is 182 cm³/mol. The maximum Gasteiger partial charge on any atom is 0.319 e. The van der Waals surface area contributed by atoms with E-state index >= 15 is 0 Å². The van der Waals surface area contributed by atoms with E-state index in [0.29, 0.717) is 23.5 Å². The Morgan fingerprint density at radius 3 is 2.38 bits per heavy atom. The largest absolute Gasteiger partial charge is 0.492 e. The Kier molecular flexibility index (Phi) is 9.09. The van der Waals surface area contributed by atoms with Gasteiger partial charge in [-0.3, -0.25) is 14.1 Å². The maximum absolute atomic E-state index is 13.5. The van der Waals surface area contributed by atoms with Gasteiger partial charge in [0.15, 0.2) is 17.2 Å². The van der Waals surface area contributed by atoms with Crippen LogP contribution in [0.2, 0.25) is 0 Å². The molecule has 0 radical (unpaired) electrons. The topological polar surface area (TPSA) is 122 Å². The van der Waals surface area contributed by atoms with E-state index in [9.17, 15) is 9.59 Å². The van der Waals surface area contributed by atoms with Crippen molar-refractivity contribution in [2.45, 2.75) is 83.4 Å². The summed E-state index contributed by atoms with van der Waals surface area (Å²) in [5.74, 6) is 1.87. The van der Waals surface area contributed by atoms with Gasteiger partial charge in [0.2, 0.25) is 5.91 Å². The third-order valence-electron chi connectivity index (χ3n) is 9.21. The average molecular weight is 640 g/mol. The van der Waals surface area contributed by atoms with E-state index in [1.807, 2.05) is 48.7 Å². The number of fused-ring (bicyclic) bond motifs is 2. The standard InChI is InChI=1S/C36H45N7O4/c1-22(44)37-28-19-23(36(2,3)4)20-29(33(28)46-6)39-35(45)38-27-15-16-31(26-12-8-7-11-25(26)27)47-24-14-17-32-40-41-34(43(32)21-24)30-13-9-10-18-42(30)5/h7-8,11-12,14,17,19-21,27,30-31H,9-10,13,15-16,18H2,1-6H3,(H,37,44)(H2,38,39,45)/t27-,30-,31+/m0/s1. The molecular formula is C36H45N7O4. The van der Waals surface area contributed by atoms with E-state index in [1.54, 1.807) is 0 Å². The quantitative estimate of drug-likeness (QED) is 0.201. The fourth-order valence-electron chi connectivity index (χ4n) is 6.75. The molecule has 11 nitrogen and oxygen atoms in total. The SMILES string of the molecule is COc1c(NC(C)=O)cc(C(C)(C)C)cc1NC(=O)N[C@H]1CC[C@@H](Oc2ccc3nnc([C@@H]4CCCCN4C)n3c2)c2ccccc21. The van der Waals surface area contributed by atoms with Crippen LogP contribution < -0.4 is 25.4 Å². The number of amides is 3. The summed E-state index contributed by atoms with van der Waals surface area (Å²) in [4.78, 5) is 27.8. The van der Waals surface area contributed by atoms with Crippen LogP contribution in [0.1, 0.15) is 101 Å². The molecule has 3 amide bonds. The second-order valence-corrected chi connectivity index (χ2v) is 13.6. The van der Waals surface area contributed by atoms with Crippen molar-refractivity contribution in [2.24, 2.45) is 0 Å². The Balaban J connectivity index is 1.20. The van der Waals surface area contributed by atoms with Gasteiger partial charge in [-0.25, -0.2) is 4.79 Å². The third-order valence-corrected chi connectivity index (χ3v) is 9.21. The lowest BCUT2D eigenvalue weighted by molar-refractivity contribution is -0.114. The van der Waals surface area contributed by atoms with Gasteiger partial charge >= 0.3 is 6.03 Å². The molecule has 4 aromatic rings. The summed E-state index contributed by atoms with van der Waals surface area (Å²) in [6.07, 6.45) is 6.68. The number of likely N-dealkylation sites (tertiary alicyclic amines) is 1. The summed E-state index contributed by atoms with van der Waals surface area (Å²) in [6.45, 7) is 8.73. The molecule has 0 saturated carbocycles. The van der Waals surface area contributed by atoms with E-state index in [4.69, 9.17) is 9.47 Å². The minimum Gasteiger partial charge on any atom is -0.492 e. The highest BCUT2D eigenvalue weighted by atomic mass is 16.5. The van der Waals surface area contributed by atoms with Crippen molar-refractivity contribution in [1.82, 2.24) is 24.8 Å². The van der Waals surface area contributed by atoms with Crippen LogP contribution >= 0.6 is 0 Å². The number of carbonyl (C=O) groups is 2. The van der Waals surface area contributed by atoms with Gasteiger partial charge in [-0.05, 0) is 85.6 Å². The lowest BCUT2D eigenvalue weighted by atomic mass is 9.85. The first-order chi connectivity index (χ1) is 22.5. The molecule has 2 aromatic heterocycles. The number of hydrogen-bond donors (Lipinski definition) is 3. The molecule has 248 valence electrons. The third kappa shape index (κ3) is 6.90. The van der Waals surface area contributed by atoms with Gasteiger partial charge in [-0.2, -0.15) is 0 Å². The molecule has 1 fully saturated rings. The second kappa shape index (κ2) is 13.2. The van der Waals surface area contributed by atoms with Crippen LogP contribution in [0.4, 0.5) is 16.2 Å². The molecule has 2 aromatic carbocycles. The molecule has 3 N–H and O–H groups in total. The number of nitrogens with one attached hydrogen (secondary N) is 3. The minimum absolute atomic E-state index is 0.175. The van der Waals surface area contributed by atoms with E-state index in [-0.39, 0.29) is 35.5 Å². The monoisotopic (exact) mass is 639 g/mol. The molecule has 0 unspecified atom stereocenters. The first-order valence-corrected chi connectivity index (χ1v) is 16.4. The molecule has 11 heteroatoms. The molecular weight excluding hydrogens is 594 g/mol. The van der Waals surface area contributed by atoms with E-state index in [0.717, 1.165) is 53.3 Å². The predicted octanol–water partition coefficient (Wildman–Crippen LogP) is 6.93. The number of rotatable bonds is 7. The number of aromatic nitrogens is 3. The highest BCUT2D eigenvalue weighted by Crippen LogP contribution is 2.41. The molecule has 1 aliphatic carbocycles. The zero-order chi connectivity index (χ0) is 33.3. The van der Waals surface area contributed by atoms with Crippen LogP contribution in [-0.2, 0) is 10.2 Å². The Hall–Kier alpha value is -4.64. The molecule has 1 aliphatic heterocycles. The molecule has 2 aliphatic rings. The zero-order valence-electron chi connectivity index (χ0n) is 28.1. The molecule has 3 atom stereocenters. The maximum atomic E-state index is 13.5. The number of pyridine rings is 1. The van der Waals surface area contributed by atoms with Crippen LogP contribution in [0.25, 0.3) is 5.65 Å². The summed E-state index contributed by atoms with van der Waals surface area (Å²) < 4.78 is 14.3. The van der Waals surface area contributed by atoms with Crippen molar-refractivity contribution in [1.29, 1.82) is 0 Å². The van der Waals surface area contributed by atoms with E-state index in [2.05, 4.69) is 69.3 Å². The molecule has 3 heterocycles. The highest BCUT2D eigenvalue weighted by molar-refractivity contribution is 5.97. The van der Waals surface area contributed by atoms with Gasteiger partial charge in [0, 0.05) is 6.92 Å². The van der Waals surface area contributed by atoms with Crippen LogP contribution in [0.5, 0.6) is 11.5 Å². The van der Waals surface area contributed by atoms with Crippen LogP contribution in [-0.4, -0.2) is 52.1 Å². The first kappa shape index (κ1) is 32.3. The summed E-state index contributed by atoms with van der Waals surface area (Å²) in [6, 6.07) is 15.5. The number of hydrogen-bond acceptors (Lipinski definition) is 7. The second-order valence-electron chi connectivity index (χ2n) is 13.6. The molecule has 1 saturated heterocycles. The number of methoxy groups -OCH3 is 1. The fraction of sp³-hybridized carbons (Fsp3) is 0.444. The Morgan fingerprint density at radius 2 is 1.68 bits per heavy atom. The number of ether oxygens (including phenoxy) is 2. The van der Waals surface area contributed by atoms with Crippen molar-refractivity contribution in [3.8, 4) is 11.5 Å². The van der Waals surface area contributed by atoms with Gasteiger partial charge in [0.25, 0.3) is 0 Å². The van der Waals surface area contributed by atoms with Crippen molar-refractivity contribution in [3.63, 3.8) is 0 Å². The first-order valence-electron chi connectivity index (χ1n) is 16.4. The van der Waals surface area contributed by atoms with Crippen LogP contribution in [0, 0.1) is 0 Å². The van der Waals surface area contributed by atoms with E-state index in [1.165, 1.54) is 26.9 Å². The molecule has 6 rings (SSSR count). The number of nitrogens with zero attached hydrogens (tertiary/aromatic N) is 4. The summed E-state index contributed by atoms with van der Waals surface area (Å²) in [5, 5.41) is 18.0. The zero-order valence-corrected chi connectivity index (χ0v) is 28.1. The van der Waals surface area contributed by atoms with Gasteiger partial charge in [0.05, 0.1) is 36.8 Å². The van der Waals surface area contributed by atoms with E-state index < -0.39 is 0 Å². The Labute approximate surface area is 276 Å². The normalized spacial score (nSPS) is 19.9. The number of piperidine rings is 1. The highest BCUT2D eigenvalue weighted by Gasteiger charge is 2.31. The summed E-state index contributed by atoms with van der Waals surface area (Å²) in [7, 11) is 3.67. The summed E-state index contributed by atoms with van der Waals surface area (Å²) >= 11 is 0. The number of anilines is 2. The smallest absolute Gasteiger partial charge is 0.319 e. The van der Waals surface area contributed by atoms with Gasteiger partial charge in [-0.15, -0.1) is 10.2 Å². The van der Waals surface area contributed by atoms with Crippen molar-refractivity contribution in [2.75, 3.05) is 31.3 Å². The number of benzene rings is 2. The minimum atomic E-state index is -0.361. The number of carbonyl (C=O) groups excluding carboxylic acids is 2. The van der Waals surface area contributed by atoms with Gasteiger partial charge in [0.1, 0.15) is 11.9 Å². The average Bonchev–Trinajstić information content (AvgIpc) is 3.44. The molecule has 0 bridgehead atoms. The lowest BCUT2D eigenvalue weighted by Crippen LogP contribution is -2.35. The van der Waals surface area contributed by atoms with Crippen molar-refractivity contribution < 1.29 is 19.1 Å². The fourth-order valence-corrected chi connectivity index (χ4v) is 6.75. The lowest BCUT2D eigenvalue weighted by Gasteiger charge is -2.32. The molecule has 0 spiro atoms. The van der Waals surface area contributed by atoms with Crippen LogP contribution in [0.15, 0.2) is 54.7 Å². The van der Waals surface area contributed by atoms with Crippen LogP contribution in [0.3, 0.4) is 0 Å². The number of urea groups is 1. The van der Waals surface area contributed by atoms with Crippen molar-refractivity contribution in [3.05, 3.63) is 77.2 Å². The summed E-state index contributed by atoms with van der Waals surface area (Å²) in [5.41, 5.74) is 4.57. The van der Waals surface area contributed by atoms with Crippen molar-refractivity contribution >= 4 is 29.0 Å². The Bertz CT molecular complexity index is 1780. The van der Waals surface area contributed by atoms with Gasteiger partial charge < -0.3 is 25.4 Å². The molecule has 47 heavy (non-hydrogen) atoms. The Morgan fingerprint density at radius 1 is 0.936 bits per heavy atom. The van der Waals surface area contributed by atoms with Gasteiger partial charge in [-0.1, -0.05) is 51.5 Å².